The topological polar surface area (TPSA) is 100 Å². The van der Waals surface area contributed by atoms with E-state index < -0.39 is 11.8 Å². The molecule has 30 heavy (non-hydrogen) atoms. The fourth-order valence-corrected chi connectivity index (χ4v) is 4.64. The molecule has 0 bridgehead atoms. The molecule has 0 aliphatic rings. The van der Waals surface area contributed by atoms with Gasteiger partial charge in [0.15, 0.2) is 10.0 Å². The largest absolute Gasteiger partial charge is 0.493 e. The number of hydrogen-bond donors (Lipinski definition) is 2. The van der Waals surface area contributed by atoms with Crippen molar-refractivity contribution in [1.82, 2.24) is 9.97 Å². The molecule has 0 fully saturated rings. The van der Waals surface area contributed by atoms with Crippen molar-refractivity contribution in [2.75, 3.05) is 0 Å². The molecule has 2 N–H and O–H groups in total. The Balaban J connectivity index is 1.67. The lowest BCUT2D eigenvalue weighted by molar-refractivity contribution is 0.445. The van der Waals surface area contributed by atoms with Gasteiger partial charge >= 0.3 is 0 Å². The predicted molar refractivity (Wildman–Crippen MR) is 118 cm³/mol. The van der Waals surface area contributed by atoms with Crippen molar-refractivity contribution in [3.05, 3.63) is 102 Å². The number of aromatic nitrogens is 2. The van der Waals surface area contributed by atoms with Crippen molar-refractivity contribution in [2.45, 2.75) is 12.8 Å². The number of aromatic hydroxyl groups is 2. The number of nitrogens with zero attached hydrogens (tertiary/aromatic N) is 2. The maximum atomic E-state index is 12.6. The van der Waals surface area contributed by atoms with Crippen LogP contribution in [0.4, 0.5) is 0 Å². The van der Waals surface area contributed by atoms with Gasteiger partial charge in [-0.3, -0.25) is 9.59 Å². The van der Waals surface area contributed by atoms with Gasteiger partial charge in [0, 0.05) is 12.8 Å². The van der Waals surface area contributed by atoms with Crippen molar-refractivity contribution in [1.29, 1.82) is 0 Å². The van der Waals surface area contributed by atoms with E-state index in [9.17, 15) is 19.8 Å². The van der Waals surface area contributed by atoms with E-state index in [-0.39, 0.29) is 43.5 Å². The minimum Gasteiger partial charge on any atom is -0.493 e. The molecule has 8 heteroatoms. The second-order valence-electron chi connectivity index (χ2n) is 6.54. The third-order valence-corrected chi connectivity index (χ3v) is 6.41. The summed E-state index contributed by atoms with van der Waals surface area (Å²) in [6.07, 6.45) is 0.500. The van der Waals surface area contributed by atoms with Crippen molar-refractivity contribution < 1.29 is 10.2 Å². The Morgan fingerprint density at radius 2 is 1.00 bits per heavy atom. The average molecular weight is 437 g/mol. The molecule has 0 radical (unpaired) electrons. The van der Waals surface area contributed by atoms with Gasteiger partial charge in [0.2, 0.25) is 21.2 Å². The fraction of sp³-hybridized carbons (Fsp3) is 0.0909. The summed E-state index contributed by atoms with van der Waals surface area (Å²) in [6.45, 7) is 0. The van der Waals surface area contributed by atoms with Gasteiger partial charge in [-0.05, 0) is 11.1 Å². The summed E-state index contributed by atoms with van der Waals surface area (Å²) < 4.78 is -0.730. The Bertz CT molecular complexity index is 1200. The van der Waals surface area contributed by atoms with Crippen LogP contribution in [0.3, 0.4) is 0 Å². The normalized spacial score (nSPS) is 10.8. The quantitative estimate of drug-likeness (QED) is 0.496. The monoisotopic (exact) mass is 436 g/mol. The molecule has 150 valence electrons. The van der Waals surface area contributed by atoms with E-state index in [1.165, 1.54) is 0 Å². The first kappa shape index (κ1) is 19.9. The van der Waals surface area contributed by atoms with Crippen molar-refractivity contribution in [3.8, 4) is 21.8 Å². The summed E-state index contributed by atoms with van der Waals surface area (Å²) in [7, 11) is 0. The molecule has 0 saturated heterocycles. The first-order valence-electron chi connectivity index (χ1n) is 9.05. The third-order valence-electron chi connectivity index (χ3n) is 4.46. The van der Waals surface area contributed by atoms with Crippen LogP contribution in [-0.2, 0) is 12.8 Å². The summed E-state index contributed by atoms with van der Waals surface area (Å²) in [6, 6.07) is 18.6. The molecule has 0 aliphatic heterocycles. The highest BCUT2D eigenvalue weighted by molar-refractivity contribution is 7.19. The van der Waals surface area contributed by atoms with Crippen LogP contribution in [0.5, 0.6) is 11.8 Å². The molecule has 2 heterocycles. The highest BCUT2D eigenvalue weighted by atomic mass is 32.1. The van der Waals surface area contributed by atoms with Crippen LogP contribution >= 0.6 is 22.7 Å². The van der Waals surface area contributed by atoms with Gasteiger partial charge in [-0.25, -0.2) is 0 Å². The molecule has 2 aromatic heterocycles. The van der Waals surface area contributed by atoms with E-state index in [0.29, 0.717) is 0 Å². The molecule has 0 unspecified atom stereocenters. The van der Waals surface area contributed by atoms with Crippen LogP contribution < -0.4 is 9.48 Å². The summed E-state index contributed by atoms with van der Waals surface area (Å²) in [5.74, 6) is -0.793. The third kappa shape index (κ3) is 4.29. The Labute approximate surface area is 179 Å². The first-order chi connectivity index (χ1) is 14.5. The van der Waals surface area contributed by atoms with E-state index in [1.54, 1.807) is 0 Å². The van der Waals surface area contributed by atoms with Crippen molar-refractivity contribution in [3.63, 3.8) is 0 Å². The van der Waals surface area contributed by atoms with Crippen LogP contribution in [0, 0.1) is 0 Å². The minimum atomic E-state index is -0.396. The van der Waals surface area contributed by atoms with Gasteiger partial charge in [0.1, 0.15) is 0 Å². The zero-order chi connectivity index (χ0) is 21.1. The maximum absolute atomic E-state index is 12.6. The summed E-state index contributed by atoms with van der Waals surface area (Å²) in [5.41, 5.74) is 2.12. The zero-order valence-corrected chi connectivity index (χ0v) is 17.2. The minimum absolute atomic E-state index is 0.0953. The number of benzene rings is 2. The molecular formula is C22H16N2O4S2. The van der Waals surface area contributed by atoms with Gasteiger partial charge in [-0.15, -0.1) is 0 Å². The van der Waals surface area contributed by atoms with Gasteiger partial charge in [-0.2, -0.15) is 9.97 Å². The molecular weight excluding hydrogens is 420 g/mol. The fourth-order valence-electron chi connectivity index (χ4n) is 2.94. The molecule has 6 nitrogen and oxygen atoms in total. The SMILES string of the molecule is O=c1sc(-c2nc(O)c(Cc3ccccc3)c(=O)s2)nc(O)c1Cc1ccccc1. The zero-order valence-electron chi connectivity index (χ0n) is 15.6. The van der Waals surface area contributed by atoms with Gasteiger partial charge in [0.05, 0.1) is 11.1 Å². The molecule has 0 atom stereocenters. The second kappa shape index (κ2) is 8.56. The second-order valence-corrected chi connectivity index (χ2v) is 8.47. The maximum Gasteiger partial charge on any atom is 0.243 e. The number of hydrogen-bond acceptors (Lipinski definition) is 8. The highest BCUT2D eigenvalue weighted by Gasteiger charge is 2.18. The Kier molecular flexibility index (Phi) is 5.69. The molecule has 0 saturated carbocycles. The molecule has 4 aromatic rings. The molecule has 0 aliphatic carbocycles. The Hall–Kier alpha value is -3.36. The average Bonchev–Trinajstić information content (AvgIpc) is 2.74. The van der Waals surface area contributed by atoms with Crippen LogP contribution in [0.25, 0.3) is 10.0 Å². The van der Waals surface area contributed by atoms with Gasteiger partial charge in [0.25, 0.3) is 0 Å². The molecule has 0 amide bonds. The summed E-state index contributed by atoms with van der Waals surface area (Å²) >= 11 is 1.58. The van der Waals surface area contributed by atoms with Crippen LogP contribution in [0.2, 0.25) is 0 Å². The van der Waals surface area contributed by atoms with E-state index >= 15 is 0 Å². The van der Waals surface area contributed by atoms with E-state index in [1.807, 2.05) is 60.7 Å². The first-order valence-corrected chi connectivity index (χ1v) is 10.7. The van der Waals surface area contributed by atoms with E-state index in [2.05, 4.69) is 9.97 Å². The lowest BCUT2D eigenvalue weighted by Crippen LogP contribution is -2.10. The lowest BCUT2D eigenvalue weighted by Gasteiger charge is -2.07. The van der Waals surface area contributed by atoms with Gasteiger partial charge in [-0.1, -0.05) is 83.3 Å². The smallest absolute Gasteiger partial charge is 0.243 e. The van der Waals surface area contributed by atoms with Crippen molar-refractivity contribution >= 4 is 22.7 Å². The number of rotatable bonds is 5. The Morgan fingerprint density at radius 1 is 0.633 bits per heavy atom. The van der Waals surface area contributed by atoms with Crippen LogP contribution in [0.15, 0.2) is 70.3 Å². The van der Waals surface area contributed by atoms with E-state index in [4.69, 9.17) is 0 Å². The molecule has 0 spiro atoms. The summed E-state index contributed by atoms with van der Waals surface area (Å²) in [5, 5.41) is 20.8. The highest BCUT2D eigenvalue weighted by Crippen LogP contribution is 2.28. The summed E-state index contributed by atoms with van der Waals surface area (Å²) in [4.78, 5) is 33.3. The van der Waals surface area contributed by atoms with Crippen LogP contribution in [-0.4, -0.2) is 20.2 Å². The Morgan fingerprint density at radius 3 is 1.33 bits per heavy atom. The van der Waals surface area contributed by atoms with Gasteiger partial charge < -0.3 is 10.2 Å². The standard InChI is InChI=1S/C22H16N2O4S2/c25-17-15(11-13-7-3-1-4-8-13)21(27)29-19(23-17)20-24-18(26)16(22(28)30-20)12-14-9-5-2-6-10-14/h1-10,25-26H,11-12H2. The molecule has 4 rings (SSSR count). The molecule has 2 aromatic carbocycles. The lowest BCUT2D eigenvalue weighted by atomic mass is 10.1. The predicted octanol–water partition coefficient (Wildman–Crippen LogP) is 3.58. The van der Waals surface area contributed by atoms with Crippen molar-refractivity contribution in [2.24, 2.45) is 0 Å². The van der Waals surface area contributed by atoms with E-state index in [0.717, 1.165) is 33.8 Å². The van der Waals surface area contributed by atoms with Crippen LogP contribution in [0.1, 0.15) is 22.3 Å².